The highest BCUT2D eigenvalue weighted by Crippen LogP contribution is 2.33. The summed E-state index contributed by atoms with van der Waals surface area (Å²) in [6.07, 6.45) is 4.53. The first kappa shape index (κ1) is 14.8. The van der Waals surface area contributed by atoms with Crippen molar-refractivity contribution in [1.29, 1.82) is 0 Å². The minimum atomic E-state index is -3.54. The topological polar surface area (TPSA) is 81.4 Å². The Morgan fingerprint density at radius 1 is 1.38 bits per heavy atom. The number of sulfonamides is 1. The van der Waals surface area contributed by atoms with Gasteiger partial charge in [0.1, 0.15) is 11.9 Å². The summed E-state index contributed by atoms with van der Waals surface area (Å²) >= 11 is 0. The maximum atomic E-state index is 12.6. The molecule has 3 rings (SSSR count). The van der Waals surface area contributed by atoms with Gasteiger partial charge in [-0.05, 0) is 43.5 Å². The van der Waals surface area contributed by atoms with Crippen molar-refractivity contribution in [3.63, 3.8) is 0 Å². The van der Waals surface area contributed by atoms with E-state index in [1.807, 2.05) is 6.92 Å². The predicted octanol–water partition coefficient (Wildman–Crippen LogP) is 1.56. The summed E-state index contributed by atoms with van der Waals surface area (Å²) in [6, 6.07) is 5.08. The summed E-state index contributed by atoms with van der Waals surface area (Å²) in [5.41, 5.74) is 6.30. The number of nitrogens with one attached hydrogen (secondary N) is 1. The first-order valence-corrected chi connectivity index (χ1v) is 8.96. The normalized spacial score (nSPS) is 23.8. The van der Waals surface area contributed by atoms with Crippen LogP contribution in [0, 0.1) is 0 Å². The summed E-state index contributed by atoms with van der Waals surface area (Å²) < 4.78 is 33.7. The molecule has 0 amide bonds. The Labute approximate surface area is 125 Å². The monoisotopic (exact) mass is 310 g/mol. The number of rotatable bonds is 4. The lowest BCUT2D eigenvalue weighted by Gasteiger charge is -2.28. The van der Waals surface area contributed by atoms with E-state index in [1.54, 1.807) is 18.2 Å². The molecule has 5 nitrogen and oxygen atoms in total. The third kappa shape index (κ3) is 2.80. The second kappa shape index (κ2) is 5.26. The highest BCUT2D eigenvalue weighted by molar-refractivity contribution is 7.89. The molecule has 0 bridgehead atoms. The fraction of sp³-hybridized carbons (Fsp3) is 0.600. The van der Waals surface area contributed by atoms with Crippen molar-refractivity contribution in [2.45, 2.75) is 55.6 Å². The van der Waals surface area contributed by atoms with Crippen molar-refractivity contribution in [3.8, 4) is 5.75 Å². The third-order valence-electron chi connectivity index (χ3n) is 4.48. The number of benzene rings is 1. The van der Waals surface area contributed by atoms with Gasteiger partial charge < -0.3 is 10.5 Å². The van der Waals surface area contributed by atoms with Crippen LogP contribution in [0.15, 0.2) is 23.1 Å². The zero-order chi connectivity index (χ0) is 15.1. The van der Waals surface area contributed by atoms with Gasteiger partial charge in [0.25, 0.3) is 0 Å². The minimum absolute atomic E-state index is 0.108. The maximum absolute atomic E-state index is 12.6. The molecule has 6 heteroatoms. The highest BCUT2D eigenvalue weighted by Gasteiger charge is 2.37. The summed E-state index contributed by atoms with van der Waals surface area (Å²) in [4.78, 5) is 0.304. The van der Waals surface area contributed by atoms with Crippen LogP contribution < -0.4 is 15.2 Å². The van der Waals surface area contributed by atoms with Gasteiger partial charge in [-0.1, -0.05) is 12.8 Å². The predicted molar refractivity (Wildman–Crippen MR) is 80.8 cm³/mol. The van der Waals surface area contributed by atoms with Crippen LogP contribution in [0.4, 0.5) is 0 Å². The lowest BCUT2D eigenvalue weighted by atomic mass is 10.0. The van der Waals surface area contributed by atoms with Gasteiger partial charge in [0.2, 0.25) is 10.0 Å². The van der Waals surface area contributed by atoms with Crippen molar-refractivity contribution in [1.82, 2.24) is 4.72 Å². The first-order valence-electron chi connectivity index (χ1n) is 7.48. The molecule has 1 aromatic rings. The van der Waals surface area contributed by atoms with E-state index >= 15 is 0 Å². The van der Waals surface area contributed by atoms with Gasteiger partial charge in [-0.3, -0.25) is 0 Å². The van der Waals surface area contributed by atoms with Crippen LogP contribution in [0.3, 0.4) is 0 Å². The average molecular weight is 310 g/mol. The Morgan fingerprint density at radius 3 is 2.76 bits per heavy atom. The average Bonchev–Trinajstić information content (AvgIpc) is 3.03. The second-order valence-electron chi connectivity index (χ2n) is 6.20. The van der Waals surface area contributed by atoms with Crippen LogP contribution in [0.1, 0.15) is 38.2 Å². The summed E-state index contributed by atoms with van der Waals surface area (Å²) in [6.45, 7) is 2.33. The number of hydrogen-bond donors (Lipinski definition) is 2. The molecule has 1 saturated carbocycles. The molecule has 1 fully saturated rings. The van der Waals surface area contributed by atoms with Gasteiger partial charge in [0.05, 0.1) is 4.90 Å². The van der Waals surface area contributed by atoms with Gasteiger partial charge in [0, 0.05) is 18.5 Å². The molecule has 1 aliphatic carbocycles. The van der Waals surface area contributed by atoms with Gasteiger partial charge in [0.15, 0.2) is 0 Å². The minimum Gasteiger partial charge on any atom is -0.490 e. The standard InChI is InChI=1S/C15H22N2O3S/c1-11-8-12-9-13(4-5-14(12)20-11)21(18,19)17-15(10-16)6-2-3-7-15/h4-5,9,11,17H,2-3,6-8,10,16H2,1H3. The van der Waals surface area contributed by atoms with Gasteiger partial charge in [-0.15, -0.1) is 0 Å². The van der Waals surface area contributed by atoms with Crippen LogP contribution in [0.5, 0.6) is 5.75 Å². The van der Waals surface area contributed by atoms with Crippen LogP contribution in [0.2, 0.25) is 0 Å². The fourth-order valence-corrected chi connectivity index (χ4v) is 4.83. The van der Waals surface area contributed by atoms with E-state index in [1.165, 1.54) is 0 Å². The van der Waals surface area contributed by atoms with Gasteiger partial charge >= 0.3 is 0 Å². The lowest BCUT2D eigenvalue weighted by molar-refractivity contribution is 0.254. The Morgan fingerprint density at radius 2 is 2.10 bits per heavy atom. The molecule has 1 heterocycles. The molecule has 21 heavy (non-hydrogen) atoms. The molecule has 116 valence electrons. The molecule has 1 aliphatic heterocycles. The number of hydrogen-bond acceptors (Lipinski definition) is 4. The van der Waals surface area contributed by atoms with Crippen molar-refractivity contribution < 1.29 is 13.2 Å². The Bertz CT molecular complexity index is 636. The zero-order valence-corrected chi connectivity index (χ0v) is 13.1. The molecule has 1 atom stereocenters. The van der Waals surface area contributed by atoms with Crippen LogP contribution >= 0.6 is 0 Å². The van der Waals surface area contributed by atoms with Crippen molar-refractivity contribution >= 4 is 10.0 Å². The maximum Gasteiger partial charge on any atom is 0.241 e. The van der Waals surface area contributed by atoms with E-state index in [4.69, 9.17) is 10.5 Å². The van der Waals surface area contributed by atoms with E-state index in [2.05, 4.69) is 4.72 Å². The molecule has 0 radical (unpaired) electrons. The van der Waals surface area contributed by atoms with Gasteiger partial charge in [-0.2, -0.15) is 0 Å². The summed E-state index contributed by atoms with van der Waals surface area (Å²) in [5, 5.41) is 0. The number of fused-ring (bicyclic) bond motifs is 1. The SMILES string of the molecule is CC1Cc2cc(S(=O)(=O)NC3(CN)CCCC3)ccc2O1. The summed E-state index contributed by atoms with van der Waals surface area (Å²) in [5.74, 6) is 0.788. The third-order valence-corrected chi connectivity index (χ3v) is 6.06. The van der Waals surface area contributed by atoms with Crippen molar-refractivity contribution in [2.24, 2.45) is 5.73 Å². The Balaban J connectivity index is 1.87. The molecule has 0 saturated heterocycles. The van der Waals surface area contributed by atoms with Crippen LogP contribution in [-0.4, -0.2) is 26.6 Å². The lowest BCUT2D eigenvalue weighted by Crippen LogP contribution is -2.51. The second-order valence-corrected chi connectivity index (χ2v) is 7.88. The molecule has 2 aliphatic rings. The first-order chi connectivity index (χ1) is 9.94. The zero-order valence-electron chi connectivity index (χ0n) is 12.3. The molecule has 1 unspecified atom stereocenters. The summed E-state index contributed by atoms with van der Waals surface area (Å²) in [7, 11) is -3.54. The molecule has 0 aromatic heterocycles. The highest BCUT2D eigenvalue weighted by atomic mass is 32.2. The van der Waals surface area contributed by atoms with Crippen LogP contribution in [-0.2, 0) is 16.4 Å². The molecular formula is C15H22N2O3S. The van der Waals surface area contributed by atoms with Gasteiger partial charge in [-0.25, -0.2) is 13.1 Å². The Kier molecular flexibility index (Phi) is 3.71. The van der Waals surface area contributed by atoms with E-state index in [-0.39, 0.29) is 6.10 Å². The molecule has 1 aromatic carbocycles. The van der Waals surface area contributed by atoms with E-state index in [0.717, 1.165) is 43.4 Å². The number of nitrogens with two attached hydrogens (primary N) is 1. The number of ether oxygens (including phenoxy) is 1. The molecular weight excluding hydrogens is 288 g/mol. The molecule has 0 spiro atoms. The fourth-order valence-electron chi connectivity index (χ4n) is 3.31. The molecule has 3 N–H and O–H groups in total. The van der Waals surface area contributed by atoms with Crippen LogP contribution in [0.25, 0.3) is 0 Å². The largest absolute Gasteiger partial charge is 0.490 e. The quantitative estimate of drug-likeness (QED) is 0.884. The van der Waals surface area contributed by atoms with E-state index in [9.17, 15) is 8.42 Å². The smallest absolute Gasteiger partial charge is 0.241 e. The van der Waals surface area contributed by atoms with E-state index < -0.39 is 15.6 Å². The van der Waals surface area contributed by atoms with Crippen molar-refractivity contribution in [2.75, 3.05) is 6.54 Å². The van der Waals surface area contributed by atoms with Crippen molar-refractivity contribution in [3.05, 3.63) is 23.8 Å². The van der Waals surface area contributed by atoms with E-state index in [0.29, 0.717) is 11.4 Å². The Hall–Kier alpha value is -1.11.